The number of halogens is 1. The summed E-state index contributed by atoms with van der Waals surface area (Å²) < 4.78 is 36.1. The Balaban J connectivity index is 0.000000338. The zero-order valence-electron chi connectivity index (χ0n) is 13.2. The summed E-state index contributed by atoms with van der Waals surface area (Å²) in [4.78, 5) is 0. The molecule has 0 aliphatic rings. The van der Waals surface area contributed by atoms with E-state index in [-0.39, 0.29) is 5.41 Å². The second-order valence-corrected chi connectivity index (χ2v) is 6.99. The molecular weight excluding hydrogens is 318 g/mol. The smallest absolute Gasteiger partial charge is 0.218 e. The molecule has 1 aromatic carbocycles. The fourth-order valence-corrected chi connectivity index (χ4v) is 2.38. The molecule has 0 unspecified atom stereocenters. The number of aromatic nitrogens is 1. The van der Waals surface area contributed by atoms with Gasteiger partial charge in [0.1, 0.15) is 0 Å². The molecule has 0 fully saturated rings. The molecule has 0 bridgehead atoms. The van der Waals surface area contributed by atoms with Crippen molar-refractivity contribution in [3.05, 3.63) is 60.4 Å². The standard InChI is InChI=1S/C17H18N.ClHO4/c1-17(2,3)14-7-8-15-13(12-14)9-11-18-10-5-4-6-16(15)18;2-1(3,4)5/h4-12H,1-3H3;(H,2,3,4,5)/q+1;/p-1. The quantitative estimate of drug-likeness (QED) is 0.393. The van der Waals surface area contributed by atoms with Crippen LogP contribution in [-0.4, -0.2) is 0 Å². The molecule has 3 aromatic rings. The third kappa shape index (κ3) is 4.86. The number of fused-ring (bicyclic) bond motifs is 3. The summed E-state index contributed by atoms with van der Waals surface area (Å²) in [7, 11) is -4.94. The SMILES string of the molecule is CC(C)(C)c1ccc2c(cc[n+]3ccccc23)c1.[O-][Cl+3]([O-])([O-])[O-]. The van der Waals surface area contributed by atoms with Gasteiger partial charge in [-0.05, 0) is 28.5 Å². The van der Waals surface area contributed by atoms with Gasteiger partial charge in [0.15, 0.2) is 12.4 Å². The normalized spacial score (nSPS) is 12.1. The molecule has 23 heavy (non-hydrogen) atoms. The lowest BCUT2D eigenvalue weighted by atomic mass is 9.86. The summed E-state index contributed by atoms with van der Waals surface area (Å²) in [5.74, 6) is 0. The minimum atomic E-state index is -4.94. The molecule has 0 spiro atoms. The molecule has 0 saturated carbocycles. The van der Waals surface area contributed by atoms with Gasteiger partial charge in [-0.3, -0.25) is 0 Å². The van der Waals surface area contributed by atoms with Crippen LogP contribution in [0.2, 0.25) is 0 Å². The molecule has 0 aliphatic heterocycles. The van der Waals surface area contributed by atoms with Crippen LogP contribution >= 0.6 is 0 Å². The van der Waals surface area contributed by atoms with Crippen molar-refractivity contribution < 1.29 is 33.3 Å². The maximum absolute atomic E-state index is 8.49. The highest BCUT2D eigenvalue weighted by Gasteiger charge is 2.15. The monoisotopic (exact) mass is 335 g/mol. The van der Waals surface area contributed by atoms with Gasteiger partial charge < -0.3 is 0 Å². The molecular formula is C17H18ClNO4. The minimum Gasteiger partial charge on any atom is -0.222 e. The van der Waals surface area contributed by atoms with E-state index < -0.39 is 10.2 Å². The summed E-state index contributed by atoms with van der Waals surface area (Å²) in [6.45, 7) is 6.76. The van der Waals surface area contributed by atoms with Crippen LogP contribution in [0.5, 0.6) is 0 Å². The first-order valence-electron chi connectivity index (χ1n) is 7.01. The third-order valence-corrected chi connectivity index (χ3v) is 3.50. The van der Waals surface area contributed by atoms with E-state index in [1.54, 1.807) is 0 Å². The van der Waals surface area contributed by atoms with Gasteiger partial charge in [-0.1, -0.05) is 32.9 Å². The van der Waals surface area contributed by atoms with E-state index in [2.05, 4.69) is 80.0 Å². The average Bonchev–Trinajstić information content (AvgIpc) is 2.44. The molecule has 2 heterocycles. The number of hydrogen-bond acceptors (Lipinski definition) is 4. The zero-order chi connectivity index (χ0) is 17.3. The first-order valence-corrected chi connectivity index (χ1v) is 8.24. The molecule has 6 heteroatoms. The van der Waals surface area contributed by atoms with Gasteiger partial charge in [0.2, 0.25) is 5.52 Å². The van der Waals surface area contributed by atoms with Crippen LogP contribution in [0.15, 0.2) is 54.9 Å². The summed E-state index contributed by atoms with van der Waals surface area (Å²) in [6.07, 6.45) is 4.22. The molecule has 0 saturated heterocycles. The Hall–Kier alpha value is -1.76. The second kappa shape index (κ2) is 6.39. The van der Waals surface area contributed by atoms with Crippen molar-refractivity contribution in [3.63, 3.8) is 0 Å². The highest BCUT2D eigenvalue weighted by atomic mass is 35.7. The molecule has 2 aromatic heterocycles. The molecule has 0 radical (unpaired) electrons. The Morgan fingerprint density at radius 2 is 1.52 bits per heavy atom. The Bertz CT molecular complexity index is 816. The van der Waals surface area contributed by atoms with Crippen molar-refractivity contribution in [2.45, 2.75) is 26.2 Å². The van der Waals surface area contributed by atoms with E-state index in [0.717, 1.165) is 0 Å². The van der Waals surface area contributed by atoms with Crippen LogP contribution in [0.4, 0.5) is 0 Å². The number of pyridine rings is 2. The van der Waals surface area contributed by atoms with Crippen LogP contribution in [0.25, 0.3) is 16.3 Å². The number of rotatable bonds is 0. The number of nitrogens with zero attached hydrogens (tertiary/aromatic N) is 1. The molecule has 0 aliphatic carbocycles. The Labute approximate surface area is 136 Å². The predicted molar refractivity (Wildman–Crippen MR) is 75.8 cm³/mol. The topological polar surface area (TPSA) is 96.3 Å². The van der Waals surface area contributed by atoms with Crippen molar-refractivity contribution in [2.24, 2.45) is 0 Å². The van der Waals surface area contributed by atoms with E-state index >= 15 is 0 Å². The second-order valence-electron chi connectivity index (χ2n) is 6.24. The van der Waals surface area contributed by atoms with Gasteiger partial charge in [0, 0.05) is 18.2 Å². The van der Waals surface area contributed by atoms with Crippen LogP contribution in [0.1, 0.15) is 26.3 Å². The molecule has 122 valence electrons. The van der Waals surface area contributed by atoms with Crippen molar-refractivity contribution in [3.8, 4) is 0 Å². The maximum Gasteiger partial charge on any atom is 0.218 e. The lowest BCUT2D eigenvalue weighted by Crippen LogP contribution is -2.68. The van der Waals surface area contributed by atoms with Crippen LogP contribution in [0, 0.1) is 10.2 Å². The Morgan fingerprint density at radius 1 is 0.870 bits per heavy atom. The van der Waals surface area contributed by atoms with E-state index in [0.29, 0.717) is 0 Å². The number of benzene rings is 1. The van der Waals surface area contributed by atoms with Gasteiger partial charge in [-0.2, -0.15) is 4.40 Å². The van der Waals surface area contributed by atoms with Crippen LogP contribution in [0.3, 0.4) is 0 Å². The van der Waals surface area contributed by atoms with E-state index in [9.17, 15) is 0 Å². The molecule has 0 amide bonds. The summed E-state index contributed by atoms with van der Waals surface area (Å²) in [5, 5.41) is 2.62. The predicted octanol–water partition coefficient (Wildman–Crippen LogP) is -0.880. The molecule has 3 rings (SSSR count). The fourth-order valence-electron chi connectivity index (χ4n) is 2.38. The molecule has 5 nitrogen and oxygen atoms in total. The first kappa shape index (κ1) is 17.6. The minimum absolute atomic E-state index is 0.201. The average molecular weight is 336 g/mol. The van der Waals surface area contributed by atoms with Crippen LogP contribution < -0.4 is 23.0 Å². The lowest BCUT2D eigenvalue weighted by molar-refractivity contribution is -2.00. The van der Waals surface area contributed by atoms with E-state index in [1.165, 1.54) is 21.9 Å². The van der Waals surface area contributed by atoms with Gasteiger partial charge in [-0.25, -0.2) is 18.6 Å². The third-order valence-electron chi connectivity index (χ3n) is 3.50. The molecule has 0 atom stereocenters. The highest BCUT2D eigenvalue weighted by molar-refractivity contribution is 5.93. The summed E-state index contributed by atoms with van der Waals surface area (Å²) in [5.41, 5.74) is 2.85. The maximum atomic E-state index is 8.49. The zero-order valence-corrected chi connectivity index (χ0v) is 13.9. The lowest BCUT2D eigenvalue weighted by Gasteiger charge is -2.19. The summed E-state index contributed by atoms with van der Waals surface area (Å²) >= 11 is 0. The first-order chi connectivity index (χ1) is 10.6. The van der Waals surface area contributed by atoms with Gasteiger partial charge >= 0.3 is 0 Å². The Morgan fingerprint density at radius 3 is 2.13 bits per heavy atom. The van der Waals surface area contributed by atoms with Gasteiger partial charge in [0.05, 0.1) is 5.39 Å². The van der Waals surface area contributed by atoms with E-state index in [4.69, 9.17) is 18.6 Å². The number of hydrogen-bond donors (Lipinski definition) is 0. The van der Waals surface area contributed by atoms with Crippen molar-refractivity contribution >= 4 is 16.3 Å². The highest BCUT2D eigenvalue weighted by Crippen LogP contribution is 2.26. The molecule has 0 N–H and O–H groups in total. The van der Waals surface area contributed by atoms with Crippen molar-refractivity contribution in [2.75, 3.05) is 0 Å². The summed E-state index contributed by atoms with van der Waals surface area (Å²) in [6, 6.07) is 15.3. The van der Waals surface area contributed by atoms with Crippen molar-refractivity contribution in [1.29, 1.82) is 0 Å². The van der Waals surface area contributed by atoms with Gasteiger partial charge in [0.25, 0.3) is 0 Å². The Kier molecular flexibility index (Phi) is 4.89. The van der Waals surface area contributed by atoms with Crippen LogP contribution in [-0.2, 0) is 5.41 Å². The van der Waals surface area contributed by atoms with Crippen molar-refractivity contribution in [1.82, 2.24) is 0 Å². The largest absolute Gasteiger partial charge is 0.222 e. The van der Waals surface area contributed by atoms with Gasteiger partial charge in [-0.15, -0.1) is 10.2 Å². The van der Waals surface area contributed by atoms with E-state index in [1.807, 2.05) is 0 Å². The fraction of sp³-hybridized carbons (Fsp3) is 0.235.